The molecule has 1 fully saturated rings. The lowest BCUT2D eigenvalue weighted by molar-refractivity contribution is 0.158. The van der Waals surface area contributed by atoms with E-state index in [9.17, 15) is 4.39 Å². The predicted molar refractivity (Wildman–Crippen MR) is 73.0 cm³/mol. The van der Waals surface area contributed by atoms with Crippen LogP contribution in [0, 0.1) is 5.82 Å². The van der Waals surface area contributed by atoms with Crippen molar-refractivity contribution in [3.05, 3.63) is 35.6 Å². The molecule has 1 unspecified atom stereocenters. The first-order chi connectivity index (χ1) is 8.79. The fraction of sp³-hybridized carbons (Fsp3) is 0.600. The zero-order valence-corrected chi connectivity index (χ0v) is 11.2. The first kappa shape index (κ1) is 13.5. The number of rotatable bonds is 5. The van der Waals surface area contributed by atoms with Crippen molar-refractivity contribution in [3.8, 4) is 0 Å². The van der Waals surface area contributed by atoms with E-state index < -0.39 is 0 Å². The van der Waals surface area contributed by atoms with Crippen LogP contribution in [0.2, 0.25) is 0 Å². The van der Waals surface area contributed by atoms with Crippen LogP contribution in [0.25, 0.3) is 0 Å². The molecule has 1 aromatic carbocycles. The van der Waals surface area contributed by atoms with Gasteiger partial charge in [-0.15, -0.1) is 0 Å². The summed E-state index contributed by atoms with van der Waals surface area (Å²) in [6.45, 7) is 6.49. The number of halogens is 1. The van der Waals surface area contributed by atoms with E-state index >= 15 is 0 Å². The van der Waals surface area contributed by atoms with Gasteiger partial charge in [0, 0.05) is 19.1 Å². The first-order valence-corrected chi connectivity index (χ1v) is 6.99. The summed E-state index contributed by atoms with van der Waals surface area (Å²) in [5, 5.41) is 3.47. The predicted octanol–water partition coefficient (Wildman–Crippen LogP) is 2.79. The third kappa shape index (κ3) is 3.79. The fourth-order valence-corrected chi connectivity index (χ4v) is 2.65. The van der Waals surface area contributed by atoms with Crippen molar-refractivity contribution in [2.45, 2.75) is 38.8 Å². The molecular formula is C15H23FN2. The van der Waals surface area contributed by atoms with Crippen LogP contribution in [0.4, 0.5) is 4.39 Å². The number of hydrogen-bond acceptors (Lipinski definition) is 2. The highest BCUT2D eigenvalue weighted by atomic mass is 19.1. The van der Waals surface area contributed by atoms with Gasteiger partial charge in [0.2, 0.25) is 0 Å². The van der Waals surface area contributed by atoms with E-state index in [-0.39, 0.29) is 5.82 Å². The molecule has 1 N–H and O–H groups in total. The highest BCUT2D eigenvalue weighted by molar-refractivity contribution is 5.16. The molecule has 0 aromatic heterocycles. The maximum Gasteiger partial charge on any atom is 0.123 e. The second-order valence-electron chi connectivity index (χ2n) is 5.10. The van der Waals surface area contributed by atoms with Crippen molar-refractivity contribution in [3.63, 3.8) is 0 Å². The van der Waals surface area contributed by atoms with E-state index in [0.717, 1.165) is 32.6 Å². The van der Waals surface area contributed by atoms with E-state index in [2.05, 4.69) is 17.1 Å². The summed E-state index contributed by atoms with van der Waals surface area (Å²) in [6, 6.07) is 7.53. The second-order valence-corrected chi connectivity index (χ2v) is 5.10. The molecule has 0 radical (unpaired) electrons. The SMILES string of the molecule is CCCN(Cc1ccc(F)cc1)C1CCCNC1. The molecule has 0 saturated carbocycles. The van der Waals surface area contributed by atoms with E-state index in [4.69, 9.17) is 0 Å². The number of nitrogens with one attached hydrogen (secondary N) is 1. The maximum atomic E-state index is 12.9. The lowest BCUT2D eigenvalue weighted by Gasteiger charge is -2.34. The Labute approximate surface area is 109 Å². The molecule has 0 amide bonds. The number of hydrogen-bond donors (Lipinski definition) is 1. The summed E-state index contributed by atoms with van der Waals surface area (Å²) < 4.78 is 12.9. The molecule has 2 rings (SSSR count). The van der Waals surface area contributed by atoms with Gasteiger partial charge < -0.3 is 5.32 Å². The third-order valence-corrected chi connectivity index (χ3v) is 3.60. The summed E-state index contributed by atoms with van der Waals surface area (Å²) in [7, 11) is 0. The Kier molecular flexibility index (Phi) is 5.14. The minimum Gasteiger partial charge on any atom is -0.315 e. The molecule has 1 saturated heterocycles. The molecule has 1 aromatic rings. The van der Waals surface area contributed by atoms with Gasteiger partial charge in [-0.3, -0.25) is 4.90 Å². The van der Waals surface area contributed by atoms with Crippen molar-refractivity contribution < 1.29 is 4.39 Å². The van der Waals surface area contributed by atoms with Crippen LogP contribution in [0.5, 0.6) is 0 Å². The summed E-state index contributed by atoms with van der Waals surface area (Å²) in [5.74, 6) is -0.153. The van der Waals surface area contributed by atoms with Gasteiger partial charge in [-0.2, -0.15) is 0 Å². The molecule has 1 heterocycles. The van der Waals surface area contributed by atoms with Crippen molar-refractivity contribution in [2.75, 3.05) is 19.6 Å². The first-order valence-electron chi connectivity index (χ1n) is 6.99. The van der Waals surface area contributed by atoms with E-state index in [1.54, 1.807) is 12.1 Å². The highest BCUT2D eigenvalue weighted by Crippen LogP contribution is 2.15. The van der Waals surface area contributed by atoms with Crippen LogP contribution < -0.4 is 5.32 Å². The lowest BCUT2D eigenvalue weighted by Crippen LogP contribution is -2.45. The molecule has 100 valence electrons. The largest absolute Gasteiger partial charge is 0.315 e. The average molecular weight is 250 g/mol. The van der Waals surface area contributed by atoms with Gasteiger partial charge >= 0.3 is 0 Å². The Bertz CT molecular complexity index is 344. The molecule has 0 spiro atoms. The zero-order valence-electron chi connectivity index (χ0n) is 11.2. The minimum absolute atomic E-state index is 0.153. The summed E-state index contributed by atoms with van der Waals surface area (Å²) >= 11 is 0. The van der Waals surface area contributed by atoms with Crippen LogP contribution in [0.1, 0.15) is 31.7 Å². The monoisotopic (exact) mass is 250 g/mol. The van der Waals surface area contributed by atoms with Gasteiger partial charge in [-0.25, -0.2) is 4.39 Å². The zero-order chi connectivity index (χ0) is 12.8. The molecule has 1 aliphatic rings. The Morgan fingerprint density at radius 2 is 2.11 bits per heavy atom. The van der Waals surface area contributed by atoms with Crippen LogP contribution in [-0.2, 0) is 6.54 Å². The standard InChI is InChI=1S/C15H23FN2/c1-2-10-18(15-4-3-9-17-11-15)12-13-5-7-14(16)8-6-13/h5-8,15,17H,2-4,9-12H2,1H3. The van der Waals surface area contributed by atoms with Crippen molar-refractivity contribution >= 4 is 0 Å². The summed E-state index contributed by atoms with van der Waals surface area (Å²) in [5.41, 5.74) is 1.20. The third-order valence-electron chi connectivity index (χ3n) is 3.60. The van der Waals surface area contributed by atoms with Gasteiger partial charge in [-0.1, -0.05) is 19.1 Å². The Balaban J connectivity index is 1.98. The van der Waals surface area contributed by atoms with Gasteiger partial charge in [0.15, 0.2) is 0 Å². The Morgan fingerprint density at radius 1 is 1.33 bits per heavy atom. The maximum absolute atomic E-state index is 12.9. The van der Waals surface area contributed by atoms with Crippen LogP contribution in [0.15, 0.2) is 24.3 Å². The van der Waals surface area contributed by atoms with Gasteiger partial charge in [-0.05, 0) is 50.0 Å². The molecule has 0 aliphatic carbocycles. The van der Waals surface area contributed by atoms with Crippen LogP contribution >= 0.6 is 0 Å². The van der Waals surface area contributed by atoms with Crippen LogP contribution in [0.3, 0.4) is 0 Å². The van der Waals surface area contributed by atoms with Gasteiger partial charge in [0.1, 0.15) is 5.82 Å². The molecule has 1 atom stereocenters. The van der Waals surface area contributed by atoms with Crippen molar-refractivity contribution in [2.24, 2.45) is 0 Å². The van der Waals surface area contributed by atoms with Crippen LogP contribution in [-0.4, -0.2) is 30.6 Å². The molecule has 0 bridgehead atoms. The Morgan fingerprint density at radius 3 is 2.72 bits per heavy atom. The number of piperidine rings is 1. The normalized spacial score (nSPS) is 20.3. The fourth-order valence-electron chi connectivity index (χ4n) is 2.65. The topological polar surface area (TPSA) is 15.3 Å². The van der Waals surface area contributed by atoms with E-state index in [1.807, 2.05) is 12.1 Å². The average Bonchev–Trinajstić information content (AvgIpc) is 2.42. The van der Waals surface area contributed by atoms with Crippen molar-refractivity contribution in [1.82, 2.24) is 10.2 Å². The number of nitrogens with zero attached hydrogens (tertiary/aromatic N) is 1. The minimum atomic E-state index is -0.153. The summed E-state index contributed by atoms with van der Waals surface area (Å²) in [4.78, 5) is 2.53. The van der Waals surface area contributed by atoms with E-state index in [0.29, 0.717) is 6.04 Å². The second kappa shape index (κ2) is 6.86. The molecule has 18 heavy (non-hydrogen) atoms. The molecule has 3 heteroatoms. The molecular weight excluding hydrogens is 227 g/mol. The number of benzene rings is 1. The molecule has 2 nitrogen and oxygen atoms in total. The summed E-state index contributed by atoms with van der Waals surface area (Å²) in [6.07, 6.45) is 3.69. The van der Waals surface area contributed by atoms with Gasteiger partial charge in [0.25, 0.3) is 0 Å². The van der Waals surface area contributed by atoms with E-state index in [1.165, 1.54) is 18.4 Å². The molecule has 1 aliphatic heterocycles. The van der Waals surface area contributed by atoms with Gasteiger partial charge in [0.05, 0.1) is 0 Å². The highest BCUT2D eigenvalue weighted by Gasteiger charge is 2.20. The smallest absolute Gasteiger partial charge is 0.123 e. The Hall–Kier alpha value is -0.930. The van der Waals surface area contributed by atoms with Crippen molar-refractivity contribution in [1.29, 1.82) is 0 Å². The lowest BCUT2D eigenvalue weighted by atomic mass is 10.0. The quantitative estimate of drug-likeness (QED) is 0.864.